The Balaban J connectivity index is 1.97. The van der Waals surface area contributed by atoms with Crippen molar-refractivity contribution in [2.45, 2.75) is 13.8 Å². The van der Waals surface area contributed by atoms with E-state index in [2.05, 4.69) is 0 Å². The zero-order valence-electron chi connectivity index (χ0n) is 13.9. The minimum absolute atomic E-state index is 0.302. The molecule has 0 unspecified atom stereocenters. The highest BCUT2D eigenvalue weighted by molar-refractivity contribution is 6.32. The molecule has 0 aliphatic rings. The predicted molar refractivity (Wildman–Crippen MR) is 100 cm³/mol. The fourth-order valence-electron chi connectivity index (χ4n) is 2.24. The molecule has 25 heavy (non-hydrogen) atoms. The Hall–Kier alpha value is -2.17. The Bertz CT molecular complexity index is 777. The first-order valence-electron chi connectivity index (χ1n) is 7.59. The average molecular weight is 381 g/mol. The summed E-state index contributed by atoms with van der Waals surface area (Å²) in [6.07, 6.45) is 2.48. The molecule has 0 radical (unpaired) electrons. The van der Waals surface area contributed by atoms with Crippen LogP contribution < -0.4 is 9.47 Å². The summed E-state index contributed by atoms with van der Waals surface area (Å²) in [7, 11) is 0. The molecule has 2 aromatic rings. The molecule has 0 aromatic heterocycles. The van der Waals surface area contributed by atoms with Crippen LogP contribution in [0.2, 0.25) is 10.0 Å². The van der Waals surface area contributed by atoms with Crippen LogP contribution in [0.25, 0.3) is 6.08 Å². The predicted octanol–water partition coefficient (Wildman–Crippen LogP) is 5.17. The molecule has 0 saturated carbocycles. The van der Waals surface area contributed by atoms with Crippen LogP contribution in [0.5, 0.6) is 11.5 Å². The van der Waals surface area contributed by atoms with Gasteiger partial charge in [-0.3, -0.25) is 0 Å². The highest BCUT2D eigenvalue weighted by atomic mass is 35.5. The SMILES string of the molecule is Cc1cc(OCCOc2ccc(Cl)cc2C=CC(=O)O)cc(C)c1Cl. The molecule has 6 heteroatoms. The number of ether oxygens (including phenoxy) is 2. The molecule has 132 valence electrons. The van der Waals surface area contributed by atoms with Crippen LogP contribution in [0.3, 0.4) is 0 Å². The van der Waals surface area contributed by atoms with E-state index in [1.54, 1.807) is 18.2 Å². The lowest BCUT2D eigenvalue weighted by Gasteiger charge is -2.12. The van der Waals surface area contributed by atoms with Crippen LogP contribution >= 0.6 is 23.2 Å². The number of carboxylic acid groups (broad SMARTS) is 1. The lowest BCUT2D eigenvalue weighted by Crippen LogP contribution is -2.10. The molecule has 0 amide bonds. The Morgan fingerprint density at radius 3 is 2.36 bits per heavy atom. The van der Waals surface area contributed by atoms with Crippen LogP contribution in [0.1, 0.15) is 16.7 Å². The van der Waals surface area contributed by atoms with E-state index in [0.29, 0.717) is 29.5 Å². The number of aliphatic carboxylic acids is 1. The molecule has 0 fully saturated rings. The highest BCUT2D eigenvalue weighted by Gasteiger charge is 2.05. The Morgan fingerprint density at radius 2 is 1.72 bits per heavy atom. The number of hydrogen-bond donors (Lipinski definition) is 1. The zero-order valence-corrected chi connectivity index (χ0v) is 15.4. The lowest BCUT2D eigenvalue weighted by molar-refractivity contribution is -0.131. The Kier molecular flexibility index (Phi) is 6.73. The Morgan fingerprint density at radius 1 is 1.08 bits per heavy atom. The van der Waals surface area contributed by atoms with Crippen molar-refractivity contribution in [2.75, 3.05) is 13.2 Å². The van der Waals surface area contributed by atoms with Crippen LogP contribution in [-0.4, -0.2) is 24.3 Å². The van der Waals surface area contributed by atoms with Gasteiger partial charge in [0.05, 0.1) is 0 Å². The molecule has 2 rings (SSSR count). The number of hydrogen-bond acceptors (Lipinski definition) is 3. The highest BCUT2D eigenvalue weighted by Crippen LogP contribution is 2.26. The molecular formula is C19H18Cl2O4. The van der Waals surface area contributed by atoms with Gasteiger partial charge in [0.2, 0.25) is 0 Å². The molecule has 2 aromatic carbocycles. The zero-order chi connectivity index (χ0) is 18.4. The minimum Gasteiger partial charge on any atom is -0.490 e. The van der Waals surface area contributed by atoms with Crippen molar-refractivity contribution in [3.8, 4) is 11.5 Å². The molecule has 1 N–H and O–H groups in total. The molecule has 0 spiro atoms. The largest absolute Gasteiger partial charge is 0.490 e. The maximum atomic E-state index is 10.7. The second kappa shape index (κ2) is 8.79. The van der Waals surface area contributed by atoms with Gasteiger partial charge in [0, 0.05) is 21.7 Å². The van der Waals surface area contributed by atoms with Gasteiger partial charge >= 0.3 is 5.97 Å². The molecule has 4 nitrogen and oxygen atoms in total. The van der Waals surface area contributed by atoms with E-state index in [-0.39, 0.29) is 0 Å². The van der Waals surface area contributed by atoms with E-state index in [1.165, 1.54) is 6.08 Å². The van der Waals surface area contributed by atoms with Crippen molar-refractivity contribution in [1.82, 2.24) is 0 Å². The number of rotatable bonds is 7. The summed E-state index contributed by atoms with van der Waals surface area (Å²) in [6, 6.07) is 8.77. The smallest absolute Gasteiger partial charge is 0.328 e. The third-order valence-corrected chi connectivity index (χ3v) is 4.23. The summed E-state index contributed by atoms with van der Waals surface area (Å²) in [5.74, 6) is 0.224. The summed E-state index contributed by atoms with van der Waals surface area (Å²) < 4.78 is 11.4. The van der Waals surface area contributed by atoms with Gasteiger partial charge in [-0.15, -0.1) is 0 Å². The monoisotopic (exact) mass is 380 g/mol. The van der Waals surface area contributed by atoms with E-state index in [9.17, 15) is 4.79 Å². The van der Waals surface area contributed by atoms with Gasteiger partial charge in [-0.05, 0) is 61.4 Å². The number of carboxylic acids is 1. The average Bonchev–Trinajstić information content (AvgIpc) is 2.55. The summed E-state index contributed by atoms with van der Waals surface area (Å²) in [6.45, 7) is 4.49. The van der Waals surface area contributed by atoms with Gasteiger partial charge in [0.1, 0.15) is 24.7 Å². The maximum absolute atomic E-state index is 10.7. The van der Waals surface area contributed by atoms with Crippen LogP contribution in [0.4, 0.5) is 0 Å². The molecule has 0 aliphatic heterocycles. The number of carbonyl (C=O) groups is 1. The van der Waals surface area contributed by atoms with Gasteiger partial charge in [0.25, 0.3) is 0 Å². The van der Waals surface area contributed by atoms with Crippen molar-refractivity contribution in [2.24, 2.45) is 0 Å². The standard InChI is InChI=1S/C19H18Cl2O4/c1-12-9-16(10-13(2)19(12)21)24-7-8-25-17-5-4-15(20)11-14(17)3-6-18(22)23/h3-6,9-11H,7-8H2,1-2H3,(H,22,23). The summed E-state index contributed by atoms with van der Waals surface area (Å²) in [5.41, 5.74) is 2.50. The Labute approximate surface area is 156 Å². The third kappa shape index (κ3) is 5.69. The lowest BCUT2D eigenvalue weighted by atomic mass is 10.1. The molecule has 0 bridgehead atoms. The first-order chi connectivity index (χ1) is 11.9. The summed E-state index contributed by atoms with van der Waals surface area (Å²) in [5, 5.41) is 9.99. The van der Waals surface area contributed by atoms with Crippen molar-refractivity contribution >= 4 is 35.2 Å². The van der Waals surface area contributed by atoms with Crippen molar-refractivity contribution in [3.05, 3.63) is 63.1 Å². The fraction of sp³-hybridized carbons (Fsp3) is 0.211. The van der Waals surface area contributed by atoms with Crippen molar-refractivity contribution in [1.29, 1.82) is 0 Å². The van der Waals surface area contributed by atoms with Gasteiger partial charge < -0.3 is 14.6 Å². The minimum atomic E-state index is -1.04. The van der Waals surface area contributed by atoms with Gasteiger partial charge in [0.15, 0.2) is 0 Å². The molecule has 0 saturated heterocycles. The second-order valence-corrected chi connectivity index (χ2v) is 6.24. The van der Waals surface area contributed by atoms with Crippen molar-refractivity contribution < 1.29 is 19.4 Å². The third-order valence-electron chi connectivity index (χ3n) is 3.40. The number of aryl methyl sites for hydroxylation is 2. The topological polar surface area (TPSA) is 55.8 Å². The maximum Gasteiger partial charge on any atom is 0.328 e. The first-order valence-corrected chi connectivity index (χ1v) is 8.35. The van der Waals surface area contributed by atoms with E-state index in [4.69, 9.17) is 37.8 Å². The molecule has 0 aliphatic carbocycles. The van der Waals surface area contributed by atoms with Crippen molar-refractivity contribution in [3.63, 3.8) is 0 Å². The molecule has 0 heterocycles. The molecule has 0 atom stereocenters. The van der Waals surface area contributed by atoms with E-state index in [0.717, 1.165) is 28.0 Å². The van der Waals surface area contributed by atoms with Crippen LogP contribution in [0.15, 0.2) is 36.4 Å². The number of benzene rings is 2. The van der Waals surface area contributed by atoms with E-state index < -0.39 is 5.97 Å². The first kappa shape index (κ1) is 19.2. The van der Waals surface area contributed by atoms with E-state index in [1.807, 2.05) is 26.0 Å². The normalized spacial score (nSPS) is 10.9. The quantitative estimate of drug-likeness (QED) is 0.531. The summed E-state index contributed by atoms with van der Waals surface area (Å²) >= 11 is 12.1. The second-order valence-electron chi connectivity index (χ2n) is 5.42. The van der Waals surface area contributed by atoms with Gasteiger partial charge in [-0.2, -0.15) is 0 Å². The van der Waals surface area contributed by atoms with Gasteiger partial charge in [-0.1, -0.05) is 23.2 Å². The number of halogens is 2. The van der Waals surface area contributed by atoms with Gasteiger partial charge in [-0.25, -0.2) is 4.79 Å². The fourth-order valence-corrected chi connectivity index (χ4v) is 2.53. The van der Waals surface area contributed by atoms with Crippen LogP contribution in [0, 0.1) is 13.8 Å². The van der Waals surface area contributed by atoms with E-state index >= 15 is 0 Å². The van der Waals surface area contributed by atoms with Crippen LogP contribution in [-0.2, 0) is 4.79 Å². The summed E-state index contributed by atoms with van der Waals surface area (Å²) in [4.78, 5) is 10.7. The molecular weight excluding hydrogens is 363 g/mol.